The molecular weight excluding hydrogens is 377 g/mol. The van der Waals surface area contributed by atoms with Crippen LogP contribution in [0.25, 0.3) is 11.3 Å². The number of halogens is 4. The first-order chi connectivity index (χ1) is 12.8. The van der Waals surface area contributed by atoms with Gasteiger partial charge in [0, 0.05) is 5.02 Å². The highest BCUT2D eigenvalue weighted by Gasteiger charge is 2.30. The fourth-order valence-electron chi connectivity index (χ4n) is 2.75. The Bertz CT molecular complexity index is 1100. The topological polar surface area (TPSA) is 45.8 Å². The lowest BCUT2D eigenvalue weighted by Gasteiger charge is -2.15. The molecule has 0 bridgehead atoms. The van der Waals surface area contributed by atoms with E-state index in [4.69, 9.17) is 16.9 Å². The minimum Gasteiger partial charge on any atom is -0.303 e. The quantitative estimate of drug-likeness (QED) is 0.626. The van der Waals surface area contributed by atoms with E-state index in [-0.39, 0.29) is 23.4 Å². The molecule has 136 valence electrons. The van der Waals surface area contributed by atoms with Gasteiger partial charge in [-0.25, -0.2) is 0 Å². The zero-order valence-corrected chi connectivity index (χ0v) is 14.6. The third kappa shape index (κ3) is 4.04. The molecule has 0 aliphatic heterocycles. The maximum Gasteiger partial charge on any atom is 0.416 e. The fourth-order valence-corrected chi connectivity index (χ4v) is 2.96. The average molecular weight is 389 g/mol. The molecule has 0 atom stereocenters. The van der Waals surface area contributed by atoms with Crippen molar-refractivity contribution >= 4 is 11.6 Å². The van der Waals surface area contributed by atoms with Crippen LogP contribution in [0, 0.1) is 11.3 Å². The predicted molar refractivity (Wildman–Crippen MR) is 96.4 cm³/mol. The molecule has 3 rings (SSSR count). The minimum atomic E-state index is -4.50. The number of benzene rings is 2. The Hall–Kier alpha value is -3.04. The Labute approximate surface area is 157 Å². The van der Waals surface area contributed by atoms with E-state index in [1.165, 1.54) is 28.8 Å². The van der Waals surface area contributed by atoms with E-state index in [1.807, 2.05) is 6.07 Å². The number of nitriles is 1. The van der Waals surface area contributed by atoms with Crippen molar-refractivity contribution in [1.29, 1.82) is 5.26 Å². The van der Waals surface area contributed by atoms with Gasteiger partial charge in [0.1, 0.15) is 11.6 Å². The molecule has 0 unspecified atom stereocenters. The first-order valence-electron chi connectivity index (χ1n) is 7.85. The summed E-state index contributed by atoms with van der Waals surface area (Å²) >= 11 is 5.97. The van der Waals surface area contributed by atoms with Gasteiger partial charge >= 0.3 is 6.18 Å². The number of alkyl halides is 3. The van der Waals surface area contributed by atoms with Crippen LogP contribution in [0.4, 0.5) is 13.2 Å². The summed E-state index contributed by atoms with van der Waals surface area (Å²) in [6.07, 6.45) is -4.50. The number of rotatable bonds is 3. The van der Waals surface area contributed by atoms with Crippen molar-refractivity contribution in [2.24, 2.45) is 0 Å². The molecule has 0 N–H and O–H groups in total. The molecule has 0 saturated heterocycles. The molecule has 1 heterocycles. The lowest BCUT2D eigenvalue weighted by molar-refractivity contribution is -0.137. The van der Waals surface area contributed by atoms with Crippen LogP contribution < -0.4 is 5.56 Å². The highest BCUT2D eigenvalue weighted by molar-refractivity contribution is 6.30. The standard InChI is InChI=1S/C20H12ClF3N2O/c21-17-6-1-3-13(9-17)12-26-18(8-7-15(11-25)19(26)27)14-4-2-5-16(10-14)20(22,23)24/h1-10H,12H2. The Morgan fingerprint density at radius 3 is 2.44 bits per heavy atom. The second-order valence-corrected chi connectivity index (χ2v) is 6.28. The summed E-state index contributed by atoms with van der Waals surface area (Å²) < 4.78 is 40.4. The van der Waals surface area contributed by atoms with Crippen molar-refractivity contribution in [2.75, 3.05) is 0 Å². The van der Waals surface area contributed by atoms with Crippen LogP contribution in [0.15, 0.2) is 65.5 Å². The molecule has 0 amide bonds. The monoisotopic (exact) mass is 388 g/mol. The van der Waals surface area contributed by atoms with E-state index in [9.17, 15) is 18.0 Å². The van der Waals surface area contributed by atoms with E-state index in [0.29, 0.717) is 10.6 Å². The molecule has 1 aromatic heterocycles. The molecule has 0 aliphatic carbocycles. The number of aromatic nitrogens is 1. The third-order valence-electron chi connectivity index (χ3n) is 4.01. The van der Waals surface area contributed by atoms with E-state index in [2.05, 4.69) is 0 Å². The highest BCUT2D eigenvalue weighted by Crippen LogP contribution is 2.32. The number of hydrogen-bond acceptors (Lipinski definition) is 2. The van der Waals surface area contributed by atoms with Gasteiger partial charge in [-0.1, -0.05) is 35.9 Å². The zero-order valence-electron chi connectivity index (χ0n) is 13.8. The molecule has 0 aliphatic rings. The van der Waals surface area contributed by atoms with E-state index in [0.717, 1.165) is 12.1 Å². The summed E-state index contributed by atoms with van der Waals surface area (Å²) in [4.78, 5) is 12.7. The summed E-state index contributed by atoms with van der Waals surface area (Å²) in [5.41, 5.74) is -0.280. The van der Waals surface area contributed by atoms with E-state index >= 15 is 0 Å². The molecule has 7 heteroatoms. The van der Waals surface area contributed by atoms with Crippen LogP contribution in [0.2, 0.25) is 5.02 Å². The average Bonchev–Trinajstić information content (AvgIpc) is 2.63. The van der Waals surface area contributed by atoms with Crippen molar-refractivity contribution < 1.29 is 13.2 Å². The zero-order chi connectivity index (χ0) is 19.6. The van der Waals surface area contributed by atoms with E-state index < -0.39 is 17.3 Å². The molecule has 0 spiro atoms. The van der Waals surface area contributed by atoms with Crippen LogP contribution in [0.3, 0.4) is 0 Å². The summed E-state index contributed by atoms with van der Waals surface area (Å²) in [6.45, 7) is 0.0699. The van der Waals surface area contributed by atoms with Crippen molar-refractivity contribution in [2.45, 2.75) is 12.7 Å². The van der Waals surface area contributed by atoms with Gasteiger partial charge in [0.25, 0.3) is 5.56 Å². The van der Waals surface area contributed by atoms with Crippen molar-refractivity contribution in [1.82, 2.24) is 4.57 Å². The van der Waals surface area contributed by atoms with E-state index in [1.54, 1.807) is 24.3 Å². The molecule has 27 heavy (non-hydrogen) atoms. The van der Waals surface area contributed by atoms with Crippen LogP contribution in [-0.4, -0.2) is 4.57 Å². The Morgan fingerprint density at radius 2 is 1.78 bits per heavy atom. The maximum absolute atomic E-state index is 13.0. The molecular formula is C20H12ClF3N2O. The Kier molecular flexibility index (Phi) is 5.06. The summed E-state index contributed by atoms with van der Waals surface area (Å²) in [5, 5.41) is 9.60. The largest absolute Gasteiger partial charge is 0.416 e. The van der Waals surface area contributed by atoms with Crippen molar-refractivity contribution in [3.63, 3.8) is 0 Å². The SMILES string of the molecule is N#Cc1ccc(-c2cccc(C(F)(F)F)c2)n(Cc2cccc(Cl)c2)c1=O. The Morgan fingerprint density at radius 1 is 1.04 bits per heavy atom. The number of pyridine rings is 1. The summed E-state index contributed by atoms with van der Waals surface area (Å²) in [6, 6.07) is 16.1. The van der Waals surface area contributed by atoms with Crippen LogP contribution in [0.1, 0.15) is 16.7 Å². The number of nitrogens with zero attached hydrogens (tertiary/aromatic N) is 2. The lowest BCUT2D eigenvalue weighted by Crippen LogP contribution is -2.24. The maximum atomic E-state index is 13.0. The summed E-state index contributed by atoms with van der Waals surface area (Å²) in [7, 11) is 0. The normalized spacial score (nSPS) is 11.2. The molecule has 0 fully saturated rings. The van der Waals surface area contributed by atoms with Gasteiger partial charge < -0.3 is 4.57 Å². The fraction of sp³-hybridized carbons (Fsp3) is 0.100. The van der Waals surface area contributed by atoms with Crippen molar-refractivity contribution in [3.8, 4) is 17.3 Å². The second kappa shape index (κ2) is 7.29. The van der Waals surface area contributed by atoms with Gasteiger partial charge in [0.2, 0.25) is 0 Å². The van der Waals surface area contributed by atoms with Gasteiger partial charge in [0.05, 0.1) is 17.8 Å². The van der Waals surface area contributed by atoms with Crippen LogP contribution in [-0.2, 0) is 12.7 Å². The highest BCUT2D eigenvalue weighted by atomic mass is 35.5. The number of hydrogen-bond donors (Lipinski definition) is 0. The van der Waals surface area contributed by atoms with Gasteiger partial charge in [-0.15, -0.1) is 0 Å². The summed E-state index contributed by atoms with van der Waals surface area (Å²) in [5.74, 6) is 0. The molecule has 3 nitrogen and oxygen atoms in total. The molecule has 3 aromatic rings. The molecule has 2 aromatic carbocycles. The smallest absolute Gasteiger partial charge is 0.303 e. The molecule has 0 saturated carbocycles. The van der Waals surface area contributed by atoms with Gasteiger partial charge in [-0.05, 0) is 47.5 Å². The first-order valence-corrected chi connectivity index (χ1v) is 8.23. The Balaban J connectivity index is 2.18. The second-order valence-electron chi connectivity index (χ2n) is 5.84. The first kappa shape index (κ1) is 18.7. The lowest BCUT2D eigenvalue weighted by atomic mass is 10.1. The minimum absolute atomic E-state index is 0.0699. The van der Waals surface area contributed by atoms with Crippen LogP contribution in [0.5, 0.6) is 0 Å². The third-order valence-corrected chi connectivity index (χ3v) is 4.25. The predicted octanol–water partition coefficient (Wildman–Crippen LogP) is 5.11. The van der Waals surface area contributed by atoms with Gasteiger partial charge in [-0.2, -0.15) is 18.4 Å². The van der Waals surface area contributed by atoms with Gasteiger partial charge in [-0.3, -0.25) is 4.79 Å². The molecule has 0 radical (unpaired) electrons. The van der Waals surface area contributed by atoms with Crippen molar-refractivity contribution in [3.05, 3.63) is 92.7 Å². The van der Waals surface area contributed by atoms with Crippen LogP contribution >= 0.6 is 11.6 Å². The van der Waals surface area contributed by atoms with Gasteiger partial charge in [0.15, 0.2) is 0 Å².